The van der Waals surface area contributed by atoms with Crippen molar-refractivity contribution in [1.29, 1.82) is 5.26 Å². The number of amidine groups is 1. The second kappa shape index (κ2) is 11.5. The van der Waals surface area contributed by atoms with Gasteiger partial charge in [0.2, 0.25) is 0 Å². The minimum absolute atomic E-state index is 0.153. The van der Waals surface area contributed by atoms with Crippen LogP contribution in [-0.2, 0) is 11.3 Å². The Morgan fingerprint density at radius 1 is 1.19 bits per heavy atom. The second-order valence-corrected chi connectivity index (χ2v) is 9.81. The van der Waals surface area contributed by atoms with Gasteiger partial charge >= 0.3 is 0 Å². The van der Waals surface area contributed by atoms with Crippen molar-refractivity contribution in [1.82, 2.24) is 4.90 Å². The molecule has 3 aromatic rings. The first-order valence-electron chi connectivity index (χ1n) is 11.7. The first-order chi connectivity index (χ1) is 17.8. The Hall–Kier alpha value is -3.74. The molecule has 0 spiro atoms. The van der Waals surface area contributed by atoms with Gasteiger partial charge in [0.15, 0.2) is 5.17 Å². The SMILES string of the molecule is CCNc1ccc(C#N)cc1N=C1S/C(=C(\C)N(C)c2ccccc2S)C(=O)N1Cc1cccc(F)c1. The number of thioether (sulfide) groups is 1. The fraction of sp³-hybridized carbons (Fsp3) is 0.179. The third-order valence-corrected chi connectivity index (χ3v) is 7.42. The van der Waals surface area contributed by atoms with Crippen LogP contribution in [0.2, 0.25) is 0 Å². The highest BCUT2D eigenvalue weighted by Crippen LogP contribution is 2.39. The number of halogens is 1. The van der Waals surface area contributed by atoms with Gasteiger partial charge in [-0.1, -0.05) is 24.3 Å². The first kappa shape index (κ1) is 26.3. The molecule has 0 unspecified atom stereocenters. The Balaban J connectivity index is 1.81. The highest BCUT2D eigenvalue weighted by molar-refractivity contribution is 8.18. The third kappa shape index (κ3) is 5.82. The van der Waals surface area contributed by atoms with Crippen molar-refractivity contribution < 1.29 is 9.18 Å². The molecule has 1 amide bonds. The molecule has 1 saturated heterocycles. The van der Waals surface area contributed by atoms with Crippen LogP contribution in [0.3, 0.4) is 0 Å². The summed E-state index contributed by atoms with van der Waals surface area (Å²) in [6, 6.07) is 21.2. The zero-order valence-corrected chi connectivity index (χ0v) is 22.4. The Labute approximate surface area is 225 Å². The summed E-state index contributed by atoms with van der Waals surface area (Å²) >= 11 is 5.82. The number of hydrogen-bond donors (Lipinski definition) is 2. The number of allylic oxidation sites excluding steroid dienone is 1. The predicted molar refractivity (Wildman–Crippen MR) is 152 cm³/mol. The number of nitrogens with zero attached hydrogens (tertiary/aromatic N) is 4. The summed E-state index contributed by atoms with van der Waals surface area (Å²) in [5, 5.41) is 13.1. The third-order valence-electron chi connectivity index (χ3n) is 5.88. The van der Waals surface area contributed by atoms with E-state index in [1.54, 1.807) is 35.2 Å². The average molecular weight is 532 g/mol. The number of anilines is 2. The summed E-state index contributed by atoms with van der Waals surface area (Å²) < 4.78 is 13.9. The molecule has 0 saturated carbocycles. The van der Waals surface area contributed by atoms with E-state index in [4.69, 9.17) is 4.99 Å². The van der Waals surface area contributed by atoms with Gasteiger partial charge in [-0.05, 0) is 73.6 Å². The standard InChI is InChI=1S/C28H26FN5OS2/c1-4-31-22-13-12-19(16-30)15-23(22)32-28-34(17-20-8-7-9-21(29)14-20)27(35)26(37-28)18(2)33(3)24-10-5-6-11-25(24)36/h5-15,31,36H,4,17H2,1-3H3/b26-18+,32-28?. The quantitative estimate of drug-likeness (QED) is 0.267. The van der Waals surface area contributed by atoms with Crippen LogP contribution in [0.4, 0.5) is 21.5 Å². The number of rotatable bonds is 7. The number of carbonyl (C=O) groups is 1. The van der Waals surface area contributed by atoms with E-state index >= 15 is 0 Å². The number of nitriles is 1. The lowest BCUT2D eigenvalue weighted by Gasteiger charge is -2.22. The summed E-state index contributed by atoms with van der Waals surface area (Å²) in [7, 11) is 1.89. The van der Waals surface area contributed by atoms with Crippen LogP contribution in [0.1, 0.15) is 25.0 Å². The Bertz CT molecular complexity index is 1450. The molecule has 4 rings (SSSR count). The fourth-order valence-corrected chi connectivity index (χ4v) is 5.26. The average Bonchev–Trinajstić information content (AvgIpc) is 3.19. The lowest BCUT2D eigenvalue weighted by atomic mass is 10.2. The highest BCUT2D eigenvalue weighted by atomic mass is 32.2. The summed E-state index contributed by atoms with van der Waals surface area (Å²) in [5.41, 5.74) is 4.01. The van der Waals surface area contributed by atoms with Crippen molar-refractivity contribution in [3.05, 3.63) is 94.3 Å². The molecule has 1 heterocycles. The largest absolute Gasteiger partial charge is 0.384 e. The molecule has 0 aliphatic carbocycles. The van der Waals surface area contributed by atoms with Gasteiger partial charge in [-0.2, -0.15) is 5.26 Å². The number of aliphatic imine (C=N–C) groups is 1. The molecule has 1 fully saturated rings. The number of amides is 1. The number of thiol groups is 1. The Kier molecular flexibility index (Phi) is 8.21. The molecule has 37 heavy (non-hydrogen) atoms. The van der Waals surface area contributed by atoms with E-state index < -0.39 is 0 Å². The van der Waals surface area contributed by atoms with Gasteiger partial charge in [-0.15, -0.1) is 12.6 Å². The number of carbonyl (C=O) groups excluding carboxylic acids is 1. The lowest BCUT2D eigenvalue weighted by Crippen LogP contribution is -2.29. The number of hydrogen-bond acceptors (Lipinski definition) is 7. The molecule has 0 radical (unpaired) electrons. The van der Waals surface area contributed by atoms with Crippen LogP contribution < -0.4 is 10.2 Å². The molecule has 9 heteroatoms. The van der Waals surface area contributed by atoms with Gasteiger partial charge in [-0.3, -0.25) is 9.69 Å². The summed E-state index contributed by atoms with van der Waals surface area (Å²) in [5.74, 6) is -0.598. The minimum atomic E-state index is -0.372. The summed E-state index contributed by atoms with van der Waals surface area (Å²) in [4.78, 5) is 23.3. The summed E-state index contributed by atoms with van der Waals surface area (Å²) in [6.07, 6.45) is 0. The minimum Gasteiger partial charge on any atom is -0.384 e. The summed E-state index contributed by atoms with van der Waals surface area (Å²) in [6.45, 7) is 4.67. The Morgan fingerprint density at radius 2 is 1.97 bits per heavy atom. The monoisotopic (exact) mass is 531 g/mol. The maximum absolute atomic E-state index is 13.9. The number of para-hydroxylation sites is 1. The number of benzene rings is 3. The molecule has 1 aliphatic heterocycles. The van der Waals surface area contributed by atoms with Gasteiger partial charge in [0.25, 0.3) is 5.91 Å². The first-order valence-corrected chi connectivity index (χ1v) is 12.9. The van der Waals surface area contributed by atoms with Crippen LogP contribution in [0.25, 0.3) is 0 Å². The molecular weight excluding hydrogens is 505 g/mol. The van der Waals surface area contributed by atoms with Crippen LogP contribution in [0, 0.1) is 17.1 Å². The molecule has 0 atom stereocenters. The number of nitrogens with one attached hydrogen (secondary N) is 1. The van der Waals surface area contributed by atoms with Crippen LogP contribution in [0.15, 0.2) is 87.2 Å². The zero-order chi connectivity index (χ0) is 26.5. The molecule has 1 N–H and O–H groups in total. The van der Waals surface area contributed by atoms with E-state index in [1.165, 1.54) is 23.9 Å². The van der Waals surface area contributed by atoms with E-state index in [0.717, 1.165) is 22.0 Å². The van der Waals surface area contributed by atoms with E-state index in [2.05, 4.69) is 24.0 Å². The molecule has 3 aromatic carbocycles. The predicted octanol–water partition coefficient (Wildman–Crippen LogP) is 6.55. The smallest absolute Gasteiger partial charge is 0.268 e. The van der Waals surface area contributed by atoms with Crippen molar-refractivity contribution in [2.45, 2.75) is 25.3 Å². The van der Waals surface area contributed by atoms with Gasteiger partial charge in [0, 0.05) is 24.2 Å². The maximum Gasteiger partial charge on any atom is 0.268 e. The lowest BCUT2D eigenvalue weighted by molar-refractivity contribution is -0.122. The molecular formula is C28H26FN5OS2. The van der Waals surface area contributed by atoms with Crippen LogP contribution in [-0.4, -0.2) is 29.6 Å². The van der Waals surface area contributed by atoms with Crippen molar-refractivity contribution in [3.8, 4) is 6.07 Å². The van der Waals surface area contributed by atoms with Crippen LogP contribution >= 0.6 is 24.4 Å². The molecule has 188 valence electrons. The van der Waals surface area contributed by atoms with E-state index in [-0.39, 0.29) is 18.3 Å². The van der Waals surface area contributed by atoms with Gasteiger partial charge in [0.1, 0.15) is 5.82 Å². The van der Waals surface area contributed by atoms with Crippen molar-refractivity contribution >= 4 is 52.5 Å². The highest BCUT2D eigenvalue weighted by Gasteiger charge is 2.36. The van der Waals surface area contributed by atoms with Crippen molar-refractivity contribution in [2.75, 3.05) is 23.8 Å². The topological polar surface area (TPSA) is 71.7 Å². The molecule has 0 aromatic heterocycles. The van der Waals surface area contributed by atoms with Crippen molar-refractivity contribution in [2.24, 2.45) is 4.99 Å². The zero-order valence-electron chi connectivity index (χ0n) is 20.7. The molecule has 0 bridgehead atoms. The fourth-order valence-electron chi connectivity index (χ4n) is 3.89. The maximum atomic E-state index is 13.9. The van der Waals surface area contributed by atoms with Crippen LogP contribution in [0.5, 0.6) is 0 Å². The van der Waals surface area contributed by atoms with Gasteiger partial charge in [0.05, 0.1) is 40.1 Å². The van der Waals surface area contributed by atoms with Gasteiger partial charge < -0.3 is 10.2 Å². The van der Waals surface area contributed by atoms with E-state index in [1.807, 2.05) is 50.1 Å². The normalized spacial score (nSPS) is 15.6. The Morgan fingerprint density at radius 3 is 2.68 bits per heavy atom. The molecule has 6 nitrogen and oxygen atoms in total. The molecule has 1 aliphatic rings. The van der Waals surface area contributed by atoms with Crippen molar-refractivity contribution in [3.63, 3.8) is 0 Å². The van der Waals surface area contributed by atoms with Gasteiger partial charge in [-0.25, -0.2) is 9.38 Å². The second-order valence-electron chi connectivity index (χ2n) is 8.35. The van der Waals surface area contributed by atoms with E-state index in [0.29, 0.717) is 33.4 Å². The van der Waals surface area contributed by atoms with E-state index in [9.17, 15) is 14.4 Å².